The van der Waals surface area contributed by atoms with Crippen molar-refractivity contribution in [3.8, 4) is 0 Å². The van der Waals surface area contributed by atoms with Gasteiger partial charge in [0, 0.05) is 32.6 Å². The standard InChI is InChI=1S/C14H18Cl2N2O/c1-2-13(19)14(18-7-5-17-6-8-18)10-3-4-11(15)12(16)9-10/h3-4,9,14,17H,2,5-8H2,1H3. The molecule has 3 nitrogen and oxygen atoms in total. The number of hydrogen-bond donors (Lipinski definition) is 1. The summed E-state index contributed by atoms with van der Waals surface area (Å²) in [5.74, 6) is 0.222. The minimum absolute atomic E-state index is 0.207. The molecule has 0 amide bonds. The van der Waals surface area contributed by atoms with Crippen LogP contribution in [0.5, 0.6) is 0 Å². The van der Waals surface area contributed by atoms with Gasteiger partial charge >= 0.3 is 0 Å². The Morgan fingerprint density at radius 3 is 2.58 bits per heavy atom. The zero-order valence-corrected chi connectivity index (χ0v) is 12.5. The van der Waals surface area contributed by atoms with E-state index in [0.717, 1.165) is 31.7 Å². The lowest BCUT2D eigenvalue weighted by Crippen LogP contribution is -2.47. The Morgan fingerprint density at radius 1 is 1.32 bits per heavy atom. The molecular weight excluding hydrogens is 283 g/mol. The van der Waals surface area contributed by atoms with Gasteiger partial charge in [0.15, 0.2) is 5.78 Å². The molecule has 2 rings (SSSR count). The van der Waals surface area contributed by atoms with Gasteiger partial charge in [-0.2, -0.15) is 0 Å². The Kier molecular flexibility index (Phi) is 5.22. The number of carbonyl (C=O) groups is 1. The number of Topliss-reactive ketones (excluding diaryl/α,β-unsaturated/α-hetero) is 1. The quantitative estimate of drug-likeness (QED) is 0.928. The average Bonchev–Trinajstić information content (AvgIpc) is 2.44. The number of benzene rings is 1. The summed E-state index contributed by atoms with van der Waals surface area (Å²) >= 11 is 12.0. The van der Waals surface area contributed by atoms with E-state index in [1.807, 2.05) is 19.1 Å². The SMILES string of the molecule is CCC(=O)C(c1ccc(Cl)c(Cl)c1)N1CCNCC1. The lowest BCUT2D eigenvalue weighted by Gasteiger charge is -2.34. The van der Waals surface area contributed by atoms with Crippen LogP contribution in [0.25, 0.3) is 0 Å². The van der Waals surface area contributed by atoms with E-state index in [-0.39, 0.29) is 11.8 Å². The summed E-state index contributed by atoms with van der Waals surface area (Å²) in [5, 5.41) is 4.32. The summed E-state index contributed by atoms with van der Waals surface area (Å²) in [7, 11) is 0. The fourth-order valence-electron chi connectivity index (χ4n) is 2.42. The Labute approximate surface area is 123 Å². The van der Waals surface area contributed by atoms with Crippen LogP contribution in [-0.4, -0.2) is 36.9 Å². The van der Waals surface area contributed by atoms with Crippen LogP contribution in [0.1, 0.15) is 24.9 Å². The maximum absolute atomic E-state index is 12.3. The number of ketones is 1. The lowest BCUT2D eigenvalue weighted by molar-refractivity contribution is -0.124. The molecule has 1 aromatic carbocycles. The Bertz CT molecular complexity index is 459. The molecule has 1 N–H and O–H groups in total. The van der Waals surface area contributed by atoms with Crippen LogP contribution in [-0.2, 0) is 4.79 Å². The molecule has 1 aromatic rings. The highest BCUT2D eigenvalue weighted by Crippen LogP contribution is 2.29. The van der Waals surface area contributed by atoms with E-state index in [1.165, 1.54) is 0 Å². The summed E-state index contributed by atoms with van der Waals surface area (Å²) in [6.45, 7) is 5.46. The third kappa shape index (κ3) is 3.48. The van der Waals surface area contributed by atoms with Gasteiger partial charge in [-0.1, -0.05) is 36.2 Å². The van der Waals surface area contributed by atoms with Crippen LogP contribution in [0, 0.1) is 0 Å². The van der Waals surface area contributed by atoms with E-state index in [9.17, 15) is 4.79 Å². The van der Waals surface area contributed by atoms with Crippen LogP contribution in [0.2, 0.25) is 10.0 Å². The molecule has 0 aromatic heterocycles. The molecule has 1 saturated heterocycles. The van der Waals surface area contributed by atoms with Crippen molar-refractivity contribution < 1.29 is 4.79 Å². The minimum Gasteiger partial charge on any atom is -0.314 e. The first kappa shape index (κ1) is 14.8. The third-order valence-electron chi connectivity index (χ3n) is 3.43. The molecule has 19 heavy (non-hydrogen) atoms. The van der Waals surface area contributed by atoms with Crippen molar-refractivity contribution in [3.05, 3.63) is 33.8 Å². The van der Waals surface area contributed by atoms with Crippen LogP contribution in [0.15, 0.2) is 18.2 Å². The zero-order valence-electron chi connectivity index (χ0n) is 11.0. The van der Waals surface area contributed by atoms with Gasteiger partial charge in [-0.3, -0.25) is 9.69 Å². The molecule has 1 fully saturated rings. The highest BCUT2D eigenvalue weighted by Gasteiger charge is 2.27. The molecule has 1 heterocycles. The van der Waals surface area contributed by atoms with Crippen molar-refractivity contribution in [1.82, 2.24) is 10.2 Å². The van der Waals surface area contributed by atoms with Crippen molar-refractivity contribution in [2.45, 2.75) is 19.4 Å². The molecule has 5 heteroatoms. The van der Waals surface area contributed by atoms with Gasteiger partial charge in [-0.05, 0) is 17.7 Å². The Balaban J connectivity index is 2.30. The van der Waals surface area contributed by atoms with Gasteiger partial charge in [-0.25, -0.2) is 0 Å². The fourth-order valence-corrected chi connectivity index (χ4v) is 2.72. The lowest BCUT2D eigenvalue weighted by atomic mass is 9.98. The predicted molar refractivity (Wildman–Crippen MR) is 78.9 cm³/mol. The molecule has 0 bridgehead atoms. The number of carbonyl (C=O) groups excluding carboxylic acids is 1. The molecule has 1 unspecified atom stereocenters. The first-order chi connectivity index (χ1) is 9.13. The highest BCUT2D eigenvalue weighted by molar-refractivity contribution is 6.42. The summed E-state index contributed by atoms with van der Waals surface area (Å²) < 4.78 is 0. The number of nitrogens with one attached hydrogen (secondary N) is 1. The number of nitrogens with zero attached hydrogens (tertiary/aromatic N) is 1. The van der Waals surface area contributed by atoms with Crippen LogP contribution in [0.3, 0.4) is 0 Å². The van der Waals surface area contributed by atoms with Crippen molar-refractivity contribution in [2.75, 3.05) is 26.2 Å². The van der Waals surface area contributed by atoms with E-state index in [1.54, 1.807) is 6.07 Å². The predicted octanol–water partition coefficient (Wildman–Crippen LogP) is 2.92. The van der Waals surface area contributed by atoms with Crippen LogP contribution < -0.4 is 5.32 Å². The first-order valence-electron chi connectivity index (χ1n) is 6.56. The van der Waals surface area contributed by atoms with Gasteiger partial charge in [0.1, 0.15) is 0 Å². The van der Waals surface area contributed by atoms with E-state index >= 15 is 0 Å². The molecule has 0 saturated carbocycles. The molecule has 1 aliphatic rings. The fraction of sp³-hybridized carbons (Fsp3) is 0.500. The van der Waals surface area contributed by atoms with E-state index in [2.05, 4.69) is 10.2 Å². The topological polar surface area (TPSA) is 32.3 Å². The maximum Gasteiger partial charge on any atom is 0.154 e. The third-order valence-corrected chi connectivity index (χ3v) is 4.17. The molecule has 0 aliphatic carbocycles. The number of rotatable bonds is 4. The Hall–Kier alpha value is -0.610. The summed E-state index contributed by atoms with van der Waals surface area (Å²) in [6, 6.07) is 5.26. The molecule has 104 valence electrons. The number of halogens is 2. The van der Waals surface area contributed by atoms with Gasteiger partial charge in [0.2, 0.25) is 0 Å². The number of hydrogen-bond acceptors (Lipinski definition) is 3. The molecular formula is C14H18Cl2N2O. The van der Waals surface area contributed by atoms with Gasteiger partial charge in [0.25, 0.3) is 0 Å². The zero-order chi connectivity index (χ0) is 13.8. The molecule has 1 atom stereocenters. The summed E-state index contributed by atoms with van der Waals surface area (Å²) in [4.78, 5) is 14.5. The second-order valence-corrected chi connectivity index (χ2v) is 5.50. The Morgan fingerprint density at radius 2 is 2.00 bits per heavy atom. The van der Waals surface area contributed by atoms with Crippen molar-refractivity contribution in [1.29, 1.82) is 0 Å². The largest absolute Gasteiger partial charge is 0.314 e. The van der Waals surface area contributed by atoms with Crippen molar-refractivity contribution in [2.24, 2.45) is 0 Å². The normalized spacial score (nSPS) is 18.3. The van der Waals surface area contributed by atoms with Crippen LogP contribution >= 0.6 is 23.2 Å². The van der Waals surface area contributed by atoms with Gasteiger partial charge in [-0.15, -0.1) is 0 Å². The van der Waals surface area contributed by atoms with Crippen LogP contribution in [0.4, 0.5) is 0 Å². The van der Waals surface area contributed by atoms with Crippen molar-refractivity contribution in [3.63, 3.8) is 0 Å². The van der Waals surface area contributed by atoms with Gasteiger partial charge < -0.3 is 5.32 Å². The molecule has 0 spiro atoms. The molecule has 1 aliphatic heterocycles. The summed E-state index contributed by atoms with van der Waals surface area (Å²) in [6.07, 6.45) is 0.523. The second-order valence-electron chi connectivity index (χ2n) is 4.68. The second kappa shape index (κ2) is 6.71. The first-order valence-corrected chi connectivity index (χ1v) is 7.31. The van der Waals surface area contributed by atoms with E-state index in [0.29, 0.717) is 16.5 Å². The van der Waals surface area contributed by atoms with E-state index in [4.69, 9.17) is 23.2 Å². The minimum atomic E-state index is -0.207. The smallest absolute Gasteiger partial charge is 0.154 e. The molecule has 0 radical (unpaired) electrons. The summed E-state index contributed by atoms with van der Waals surface area (Å²) in [5.41, 5.74) is 0.933. The average molecular weight is 301 g/mol. The van der Waals surface area contributed by atoms with Crippen molar-refractivity contribution >= 4 is 29.0 Å². The highest BCUT2D eigenvalue weighted by atomic mass is 35.5. The maximum atomic E-state index is 12.3. The van der Waals surface area contributed by atoms with E-state index < -0.39 is 0 Å². The van der Waals surface area contributed by atoms with Gasteiger partial charge in [0.05, 0.1) is 16.1 Å². The monoisotopic (exact) mass is 300 g/mol. The number of piperazine rings is 1.